The van der Waals surface area contributed by atoms with Crippen molar-refractivity contribution in [3.05, 3.63) is 100.0 Å². The van der Waals surface area contributed by atoms with Crippen LogP contribution in [0.3, 0.4) is 0 Å². The van der Waals surface area contributed by atoms with E-state index in [2.05, 4.69) is 31.2 Å². The van der Waals surface area contributed by atoms with Gasteiger partial charge >= 0.3 is 0 Å². The second kappa shape index (κ2) is 9.28. The van der Waals surface area contributed by atoms with Crippen LogP contribution in [0, 0.1) is 6.92 Å². The van der Waals surface area contributed by atoms with E-state index in [1.807, 2.05) is 64.4 Å². The van der Waals surface area contributed by atoms with Crippen LogP contribution in [0.1, 0.15) is 39.9 Å². The summed E-state index contributed by atoms with van der Waals surface area (Å²) in [4.78, 5) is 31.6. The van der Waals surface area contributed by atoms with E-state index in [4.69, 9.17) is 0 Å². The highest BCUT2D eigenvalue weighted by atomic mass is 32.2. The lowest BCUT2D eigenvalue weighted by Crippen LogP contribution is -2.33. The van der Waals surface area contributed by atoms with Gasteiger partial charge in [0, 0.05) is 23.5 Å². The highest BCUT2D eigenvalue weighted by molar-refractivity contribution is 8.04. The van der Waals surface area contributed by atoms with Gasteiger partial charge in [-0.05, 0) is 61.2 Å². The van der Waals surface area contributed by atoms with Gasteiger partial charge in [0.1, 0.15) is 0 Å². The maximum absolute atomic E-state index is 13.5. The summed E-state index contributed by atoms with van der Waals surface area (Å²) in [6, 6.07) is 23.9. The molecule has 0 N–H and O–H groups in total. The lowest BCUT2D eigenvalue weighted by atomic mass is 10.1. The molecule has 0 aliphatic carbocycles. The number of carbonyl (C=O) groups excluding carboxylic acids is 2. The lowest BCUT2D eigenvalue weighted by Gasteiger charge is -2.30. The Labute approximate surface area is 198 Å². The fourth-order valence-electron chi connectivity index (χ4n) is 4.39. The zero-order valence-electron chi connectivity index (χ0n) is 18.7. The molecule has 3 aromatic carbocycles. The number of anilines is 1. The predicted octanol–water partition coefficient (Wildman–Crippen LogP) is 5.91. The molecule has 5 heteroatoms. The number of aryl methyl sites for hydroxylation is 1. The normalized spacial score (nSPS) is 16.9. The van der Waals surface area contributed by atoms with Crippen molar-refractivity contribution in [1.29, 1.82) is 0 Å². The lowest BCUT2D eigenvalue weighted by molar-refractivity contribution is -0.114. The summed E-state index contributed by atoms with van der Waals surface area (Å²) in [5, 5.41) is 0. The number of thioether (sulfide) groups is 1. The van der Waals surface area contributed by atoms with Crippen molar-refractivity contribution in [2.75, 3.05) is 18.0 Å². The van der Waals surface area contributed by atoms with Gasteiger partial charge in [0.15, 0.2) is 0 Å². The zero-order chi connectivity index (χ0) is 22.8. The molecule has 166 valence electrons. The number of hydrogen-bond acceptors (Lipinski definition) is 3. The molecule has 0 spiro atoms. The molecule has 0 atom stereocenters. The molecule has 0 aromatic heterocycles. The van der Waals surface area contributed by atoms with Gasteiger partial charge in [-0.1, -0.05) is 65.9 Å². The fourth-order valence-corrected chi connectivity index (χ4v) is 5.45. The summed E-state index contributed by atoms with van der Waals surface area (Å²) in [5.41, 5.74) is 4.85. The molecule has 0 radical (unpaired) electrons. The maximum Gasteiger partial charge on any atom is 0.265 e. The number of para-hydroxylation sites is 1. The average Bonchev–Trinajstić information content (AvgIpc) is 3.37. The second-order valence-electron chi connectivity index (χ2n) is 8.58. The first-order chi connectivity index (χ1) is 16.1. The van der Waals surface area contributed by atoms with Crippen molar-refractivity contribution in [3.63, 3.8) is 0 Å². The number of carbonyl (C=O) groups is 2. The summed E-state index contributed by atoms with van der Waals surface area (Å²) in [5.74, 6) is 0.0884. The van der Waals surface area contributed by atoms with Gasteiger partial charge in [0.2, 0.25) is 0 Å². The van der Waals surface area contributed by atoms with E-state index in [1.165, 1.54) is 17.3 Å². The maximum atomic E-state index is 13.5. The summed E-state index contributed by atoms with van der Waals surface area (Å²) in [7, 11) is 0. The third-order valence-corrected chi connectivity index (χ3v) is 7.18. The van der Waals surface area contributed by atoms with E-state index < -0.39 is 0 Å². The quantitative estimate of drug-likeness (QED) is 0.460. The Hall–Kier alpha value is -3.31. The summed E-state index contributed by atoms with van der Waals surface area (Å²) < 4.78 is 0. The molecule has 2 aliphatic heterocycles. The van der Waals surface area contributed by atoms with Crippen LogP contribution < -0.4 is 4.90 Å². The molecule has 0 saturated carbocycles. The standard InChI is InChI=1S/C28H26N2O2S/c1-20-7-6-8-22(17-20)19-30-24-9-2-3-10-25(24)33-26(28(30)32)18-21-11-13-23(14-12-21)27(31)29-15-4-5-16-29/h2-3,6-14,17-18H,4-5,15-16,19H2,1H3/b26-18+. The first-order valence-electron chi connectivity index (χ1n) is 11.3. The molecule has 0 unspecified atom stereocenters. The smallest absolute Gasteiger partial charge is 0.265 e. The fraction of sp³-hybridized carbons (Fsp3) is 0.214. The Morgan fingerprint density at radius 3 is 2.48 bits per heavy atom. The highest BCUT2D eigenvalue weighted by Gasteiger charge is 2.29. The third kappa shape index (κ3) is 4.60. The van der Waals surface area contributed by atoms with E-state index in [0.717, 1.165) is 47.6 Å². The summed E-state index contributed by atoms with van der Waals surface area (Å²) in [6.45, 7) is 4.27. The first-order valence-corrected chi connectivity index (χ1v) is 12.2. The Morgan fingerprint density at radius 2 is 1.73 bits per heavy atom. The molecule has 1 fully saturated rings. The predicted molar refractivity (Wildman–Crippen MR) is 134 cm³/mol. The molecule has 2 amide bonds. The number of rotatable bonds is 4. The van der Waals surface area contributed by atoms with Gasteiger partial charge in [-0.3, -0.25) is 9.59 Å². The van der Waals surface area contributed by atoms with Crippen LogP contribution >= 0.6 is 11.8 Å². The van der Waals surface area contributed by atoms with Crippen LogP contribution in [0.4, 0.5) is 5.69 Å². The van der Waals surface area contributed by atoms with Gasteiger partial charge in [0.25, 0.3) is 11.8 Å². The Bertz CT molecular complexity index is 1230. The molecule has 2 heterocycles. The van der Waals surface area contributed by atoms with E-state index >= 15 is 0 Å². The van der Waals surface area contributed by atoms with Crippen LogP contribution in [-0.4, -0.2) is 29.8 Å². The van der Waals surface area contributed by atoms with Crippen molar-refractivity contribution in [3.8, 4) is 0 Å². The molecule has 33 heavy (non-hydrogen) atoms. The average molecular weight is 455 g/mol. The Kier molecular flexibility index (Phi) is 6.05. The van der Waals surface area contributed by atoms with Gasteiger partial charge in [-0.2, -0.15) is 0 Å². The van der Waals surface area contributed by atoms with Gasteiger partial charge in [0.05, 0.1) is 17.1 Å². The molecule has 0 bridgehead atoms. The number of likely N-dealkylation sites (tertiary alicyclic amines) is 1. The zero-order valence-corrected chi connectivity index (χ0v) is 19.5. The number of fused-ring (bicyclic) bond motifs is 1. The van der Waals surface area contributed by atoms with Crippen molar-refractivity contribution >= 4 is 35.3 Å². The van der Waals surface area contributed by atoms with Gasteiger partial charge < -0.3 is 9.80 Å². The van der Waals surface area contributed by atoms with Gasteiger partial charge in [-0.25, -0.2) is 0 Å². The molecular weight excluding hydrogens is 428 g/mol. The molecular formula is C28H26N2O2S. The first kappa shape index (κ1) is 21.5. The number of nitrogens with zero attached hydrogens (tertiary/aromatic N) is 2. The van der Waals surface area contributed by atoms with Crippen LogP contribution in [0.5, 0.6) is 0 Å². The molecule has 4 nitrogen and oxygen atoms in total. The topological polar surface area (TPSA) is 40.6 Å². The minimum atomic E-state index is -0.00238. The van der Waals surface area contributed by atoms with E-state index in [9.17, 15) is 9.59 Å². The summed E-state index contributed by atoms with van der Waals surface area (Å²) in [6.07, 6.45) is 4.09. The largest absolute Gasteiger partial charge is 0.339 e. The molecule has 5 rings (SSSR count). The molecule has 2 aliphatic rings. The Balaban J connectivity index is 1.42. The van der Waals surface area contributed by atoms with Crippen LogP contribution in [0.15, 0.2) is 82.6 Å². The van der Waals surface area contributed by atoms with Crippen LogP contribution in [0.2, 0.25) is 0 Å². The van der Waals surface area contributed by atoms with Crippen molar-refractivity contribution in [1.82, 2.24) is 4.90 Å². The minimum Gasteiger partial charge on any atom is -0.339 e. The number of hydrogen-bond donors (Lipinski definition) is 0. The Morgan fingerprint density at radius 1 is 0.970 bits per heavy atom. The number of amides is 2. The molecule has 3 aromatic rings. The van der Waals surface area contributed by atoms with E-state index in [0.29, 0.717) is 17.0 Å². The van der Waals surface area contributed by atoms with E-state index in [-0.39, 0.29) is 11.8 Å². The highest BCUT2D eigenvalue weighted by Crippen LogP contribution is 2.42. The summed E-state index contributed by atoms with van der Waals surface area (Å²) >= 11 is 1.50. The second-order valence-corrected chi connectivity index (χ2v) is 9.66. The van der Waals surface area contributed by atoms with E-state index in [1.54, 1.807) is 0 Å². The van der Waals surface area contributed by atoms with Crippen LogP contribution in [-0.2, 0) is 11.3 Å². The third-order valence-electron chi connectivity index (χ3n) is 6.10. The monoisotopic (exact) mass is 454 g/mol. The van der Waals surface area contributed by atoms with Crippen molar-refractivity contribution < 1.29 is 9.59 Å². The molecule has 1 saturated heterocycles. The van der Waals surface area contributed by atoms with Crippen molar-refractivity contribution in [2.24, 2.45) is 0 Å². The van der Waals surface area contributed by atoms with Gasteiger partial charge in [-0.15, -0.1) is 0 Å². The van der Waals surface area contributed by atoms with Crippen LogP contribution in [0.25, 0.3) is 6.08 Å². The number of benzene rings is 3. The minimum absolute atomic E-state index is 0.00238. The van der Waals surface area contributed by atoms with Crippen molar-refractivity contribution in [2.45, 2.75) is 31.2 Å². The SMILES string of the molecule is Cc1cccc(CN2C(=O)/C(=C\c3ccc(C(=O)N4CCCC4)cc3)Sc3ccccc32)c1.